The lowest BCUT2D eigenvalue weighted by Gasteiger charge is -2.09. The molecule has 19 heavy (non-hydrogen) atoms. The van der Waals surface area contributed by atoms with Gasteiger partial charge in [0.1, 0.15) is 9.34 Å². The van der Waals surface area contributed by atoms with E-state index in [0.29, 0.717) is 14.9 Å². The number of allylic oxidation sites excluding steroid dienone is 1. The molecule has 0 bridgehead atoms. The maximum Gasteiger partial charge on any atom is 0.202 e. The average Bonchev–Trinajstić information content (AvgIpc) is 2.49. The van der Waals surface area contributed by atoms with Crippen LogP contribution < -0.4 is 0 Å². The Balaban J connectivity index is 2.42. The summed E-state index contributed by atoms with van der Waals surface area (Å²) in [5, 5.41) is 0. The molecule has 0 unspecified atom stereocenters. The fourth-order valence-electron chi connectivity index (χ4n) is 1.74. The number of benzene rings is 2. The van der Waals surface area contributed by atoms with Crippen LogP contribution in [0.4, 0.5) is 0 Å². The molecule has 2 aromatic carbocycles. The SMILES string of the molecule is CO/C(=C(\I)C(=O)c1ccccc1)c1ccccc1. The summed E-state index contributed by atoms with van der Waals surface area (Å²) < 4.78 is 5.97. The molecule has 0 saturated carbocycles. The van der Waals surface area contributed by atoms with Crippen molar-refractivity contribution in [2.75, 3.05) is 7.11 Å². The summed E-state index contributed by atoms with van der Waals surface area (Å²) in [4.78, 5) is 12.4. The quantitative estimate of drug-likeness (QED) is 0.350. The Morgan fingerprint density at radius 3 is 1.84 bits per heavy atom. The van der Waals surface area contributed by atoms with Gasteiger partial charge in [-0.3, -0.25) is 4.79 Å². The van der Waals surface area contributed by atoms with Crippen LogP contribution in [0.15, 0.2) is 64.2 Å². The molecule has 0 aromatic heterocycles. The minimum Gasteiger partial charge on any atom is -0.495 e. The molecule has 0 spiro atoms. The second-order valence-corrected chi connectivity index (χ2v) is 4.99. The highest BCUT2D eigenvalue weighted by Gasteiger charge is 2.16. The molecular formula is C16H13IO2. The molecule has 0 saturated heterocycles. The topological polar surface area (TPSA) is 26.3 Å². The second-order valence-electron chi connectivity index (χ2n) is 3.91. The highest BCUT2D eigenvalue weighted by atomic mass is 127. The third-order valence-corrected chi connectivity index (χ3v) is 3.65. The van der Waals surface area contributed by atoms with Gasteiger partial charge >= 0.3 is 0 Å². The van der Waals surface area contributed by atoms with Crippen LogP contribution in [-0.2, 0) is 4.74 Å². The molecule has 0 atom stereocenters. The lowest BCUT2D eigenvalue weighted by Crippen LogP contribution is -2.02. The molecule has 2 aromatic rings. The fraction of sp³-hybridized carbons (Fsp3) is 0.0625. The summed E-state index contributed by atoms with van der Waals surface area (Å²) in [7, 11) is 1.58. The van der Waals surface area contributed by atoms with Crippen LogP contribution in [-0.4, -0.2) is 12.9 Å². The predicted molar refractivity (Wildman–Crippen MR) is 85.2 cm³/mol. The molecule has 0 aliphatic heterocycles. The Hall–Kier alpha value is -1.62. The first kappa shape index (κ1) is 13.8. The number of halogens is 1. The zero-order valence-corrected chi connectivity index (χ0v) is 12.6. The molecule has 0 aliphatic carbocycles. The van der Waals surface area contributed by atoms with E-state index in [2.05, 4.69) is 0 Å². The molecule has 3 heteroatoms. The number of hydrogen-bond donors (Lipinski definition) is 0. The van der Waals surface area contributed by atoms with Crippen LogP contribution in [0.25, 0.3) is 5.76 Å². The van der Waals surface area contributed by atoms with Crippen LogP contribution in [0.3, 0.4) is 0 Å². The van der Waals surface area contributed by atoms with Crippen molar-refractivity contribution in [2.45, 2.75) is 0 Å². The van der Waals surface area contributed by atoms with E-state index in [1.807, 2.05) is 71.1 Å². The monoisotopic (exact) mass is 364 g/mol. The number of methoxy groups -OCH3 is 1. The molecule has 2 rings (SSSR count). The average molecular weight is 364 g/mol. The molecule has 2 nitrogen and oxygen atoms in total. The van der Waals surface area contributed by atoms with E-state index in [1.165, 1.54) is 0 Å². The van der Waals surface area contributed by atoms with Gasteiger partial charge in [0.05, 0.1) is 7.11 Å². The van der Waals surface area contributed by atoms with Gasteiger partial charge in [-0.05, 0) is 22.6 Å². The van der Waals surface area contributed by atoms with Gasteiger partial charge in [-0.25, -0.2) is 0 Å². The van der Waals surface area contributed by atoms with Gasteiger partial charge in [0.15, 0.2) is 0 Å². The normalized spacial score (nSPS) is 11.7. The minimum atomic E-state index is -0.0260. The molecule has 0 aliphatic rings. The van der Waals surface area contributed by atoms with Crippen molar-refractivity contribution in [3.8, 4) is 0 Å². The first-order valence-electron chi connectivity index (χ1n) is 5.83. The van der Waals surface area contributed by atoms with Gasteiger partial charge in [0, 0.05) is 11.1 Å². The van der Waals surface area contributed by atoms with Crippen molar-refractivity contribution in [1.82, 2.24) is 0 Å². The van der Waals surface area contributed by atoms with Crippen LogP contribution in [0, 0.1) is 0 Å². The molecular weight excluding hydrogens is 351 g/mol. The van der Waals surface area contributed by atoms with Crippen molar-refractivity contribution in [1.29, 1.82) is 0 Å². The smallest absolute Gasteiger partial charge is 0.202 e. The predicted octanol–water partition coefficient (Wildman–Crippen LogP) is 4.32. The van der Waals surface area contributed by atoms with E-state index in [1.54, 1.807) is 19.2 Å². The minimum absolute atomic E-state index is 0.0260. The third kappa shape index (κ3) is 3.23. The highest BCUT2D eigenvalue weighted by molar-refractivity contribution is 14.1. The van der Waals surface area contributed by atoms with Crippen LogP contribution >= 0.6 is 22.6 Å². The summed E-state index contributed by atoms with van der Waals surface area (Å²) >= 11 is 2.04. The van der Waals surface area contributed by atoms with Gasteiger partial charge < -0.3 is 4.74 Å². The molecule has 0 fully saturated rings. The van der Waals surface area contributed by atoms with Gasteiger partial charge in [0.2, 0.25) is 5.78 Å². The van der Waals surface area contributed by atoms with Gasteiger partial charge in [-0.2, -0.15) is 0 Å². The fourth-order valence-corrected chi connectivity index (χ4v) is 2.59. The van der Waals surface area contributed by atoms with E-state index in [0.717, 1.165) is 5.56 Å². The number of ether oxygens (including phenoxy) is 1. The summed E-state index contributed by atoms with van der Waals surface area (Å²) in [5.74, 6) is 0.581. The van der Waals surface area contributed by atoms with Crippen LogP contribution in [0.1, 0.15) is 15.9 Å². The zero-order valence-electron chi connectivity index (χ0n) is 10.5. The standard InChI is InChI=1S/C16H13IO2/c1-19-16(13-10-6-3-7-11-13)14(17)15(18)12-8-4-2-5-9-12/h2-11H,1H3/b16-14-. The number of rotatable bonds is 4. The van der Waals surface area contributed by atoms with E-state index in [4.69, 9.17) is 4.74 Å². The maximum atomic E-state index is 12.4. The Labute approximate surface area is 126 Å². The Morgan fingerprint density at radius 2 is 1.37 bits per heavy atom. The lowest BCUT2D eigenvalue weighted by atomic mass is 10.1. The second kappa shape index (κ2) is 6.52. The van der Waals surface area contributed by atoms with Gasteiger partial charge in [0.25, 0.3) is 0 Å². The lowest BCUT2D eigenvalue weighted by molar-refractivity contribution is 0.104. The number of carbonyl (C=O) groups excluding carboxylic acids is 1. The first-order chi connectivity index (χ1) is 9.24. The number of carbonyl (C=O) groups is 1. The van der Waals surface area contributed by atoms with Crippen molar-refractivity contribution in [3.63, 3.8) is 0 Å². The molecule has 0 radical (unpaired) electrons. The van der Waals surface area contributed by atoms with Crippen molar-refractivity contribution < 1.29 is 9.53 Å². The first-order valence-corrected chi connectivity index (χ1v) is 6.91. The molecule has 0 amide bonds. The van der Waals surface area contributed by atoms with E-state index in [-0.39, 0.29) is 5.78 Å². The summed E-state index contributed by atoms with van der Waals surface area (Å²) in [6.07, 6.45) is 0. The number of hydrogen-bond acceptors (Lipinski definition) is 2. The van der Waals surface area contributed by atoms with Crippen molar-refractivity contribution >= 4 is 34.1 Å². The van der Waals surface area contributed by atoms with Crippen molar-refractivity contribution in [2.24, 2.45) is 0 Å². The Bertz CT molecular complexity index is 589. The summed E-state index contributed by atoms with van der Waals surface area (Å²) in [6, 6.07) is 18.8. The molecule has 0 heterocycles. The van der Waals surface area contributed by atoms with Gasteiger partial charge in [-0.1, -0.05) is 60.7 Å². The van der Waals surface area contributed by atoms with Crippen LogP contribution in [0.2, 0.25) is 0 Å². The number of Topliss-reactive ketones (excluding diaryl/α,β-unsaturated/α-hetero) is 1. The largest absolute Gasteiger partial charge is 0.495 e. The Morgan fingerprint density at radius 1 is 0.895 bits per heavy atom. The highest BCUT2D eigenvalue weighted by Crippen LogP contribution is 2.26. The van der Waals surface area contributed by atoms with E-state index < -0.39 is 0 Å². The van der Waals surface area contributed by atoms with Crippen LogP contribution in [0.5, 0.6) is 0 Å². The Kier molecular flexibility index (Phi) is 4.74. The molecule has 96 valence electrons. The van der Waals surface area contributed by atoms with E-state index in [9.17, 15) is 4.79 Å². The van der Waals surface area contributed by atoms with Gasteiger partial charge in [-0.15, -0.1) is 0 Å². The summed E-state index contributed by atoms with van der Waals surface area (Å²) in [6.45, 7) is 0. The molecule has 0 N–H and O–H groups in total. The van der Waals surface area contributed by atoms with E-state index >= 15 is 0 Å². The maximum absolute atomic E-state index is 12.4. The third-order valence-electron chi connectivity index (χ3n) is 2.67. The summed E-state index contributed by atoms with van der Waals surface area (Å²) in [5.41, 5.74) is 1.57. The number of ketones is 1. The van der Waals surface area contributed by atoms with Crippen molar-refractivity contribution in [3.05, 3.63) is 75.4 Å². The zero-order chi connectivity index (χ0) is 13.7.